The van der Waals surface area contributed by atoms with Gasteiger partial charge in [0.15, 0.2) is 0 Å². The van der Waals surface area contributed by atoms with E-state index in [9.17, 15) is 14.4 Å². The number of fused-ring (bicyclic) bond motifs is 3. The molecule has 30 heavy (non-hydrogen) atoms. The zero-order valence-electron chi connectivity index (χ0n) is 17.3. The molecular formula is C22H25N3O4S. The summed E-state index contributed by atoms with van der Waals surface area (Å²) in [6.45, 7) is 6.59. The minimum atomic E-state index is -0.535. The summed E-state index contributed by atoms with van der Waals surface area (Å²) < 4.78 is 6.23. The van der Waals surface area contributed by atoms with Crippen LogP contribution in [0.25, 0.3) is 21.0 Å². The van der Waals surface area contributed by atoms with Gasteiger partial charge < -0.3 is 19.9 Å². The first-order chi connectivity index (χ1) is 14.2. The summed E-state index contributed by atoms with van der Waals surface area (Å²) >= 11 is 1.52. The van der Waals surface area contributed by atoms with Gasteiger partial charge in [-0.25, -0.2) is 4.79 Å². The number of benzene rings is 1. The summed E-state index contributed by atoms with van der Waals surface area (Å²) in [6, 6.07) is 7.26. The molecule has 0 radical (unpaired) electrons. The van der Waals surface area contributed by atoms with E-state index in [2.05, 4.69) is 10.3 Å². The molecule has 1 saturated heterocycles. The average molecular weight is 428 g/mol. The first-order valence-corrected chi connectivity index (χ1v) is 10.9. The van der Waals surface area contributed by atoms with E-state index < -0.39 is 11.7 Å². The van der Waals surface area contributed by atoms with Gasteiger partial charge in [0.25, 0.3) is 11.5 Å². The van der Waals surface area contributed by atoms with Crippen molar-refractivity contribution in [1.29, 1.82) is 0 Å². The number of pyridine rings is 1. The summed E-state index contributed by atoms with van der Waals surface area (Å²) in [5.74, 6) is -0.0697. The maximum Gasteiger partial charge on any atom is 0.407 e. The van der Waals surface area contributed by atoms with Crippen LogP contribution < -0.4 is 10.9 Å². The van der Waals surface area contributed by atoms with Gasteiger partial charge in [0.2, 0.25) is 0 Å². The molecule has 1 aliphatic rings. The summed E-state index contributed by atoms with van der Waals surface area (Å²) in [7, 11) is 0. The van der Waals surface area contributed by atoms with E-state index in [1.807, 2.05) is 44.4 Å². The molecule has 3 aromatic rings. The molecule has 3 heterocycles. The first-order valence-electron chi connectivity index (χ1n) is 10.0. The number of nitrogens with one attached hydrogen (secondary N) is 2. The Balaban J connectivity index is 1.44. The number of rotatable bonds is 2. The van der Waals surface area contributed by atoms with E-state index in [0.717, 1.165) is 10.1 Å². The second-order valence-corrected chi connectivity index (χ2v) is 9.51. The Hall–Kier alpha value is -2.87. The van der Waals surface area contributed by atoms with Crippen LogP contribution in [0.5, 0.6) is 0 Å². The number of hydrogen-bond acceptors (Lipinski definition) is 5. The summed E-state index contributed by atoms with van der Waals surface area (Å²) in [5.41, 5.74) is 0.541. The van der Waals surface area contributed by atoms with Gasteiger partial charge in [0.1, 0.15) is 5.60 Å². The summed E-state index contributed by atoms with van der Waals surface area (Å²) in [6.07, 6.45) is 0.918. The predicted molar refractivity (Wildman–Crippen MR) is 118 cm³/mol. The second kappa shape index (κ2) is 7.75. The fraction of sp³-hybridized carbons (Fsp3) is 0.409. The highest BCUT2D eigenvalue weighted by atomic mass is 32.1. The zero-order valence-corrected chi connectivity index (χ0v) is 18.1. The van der Waals surface area contributed by atoms with Crippen LogP contribution >= 0.6 is 11.3 Å². The van der Waals surface area contributed by atoms with Crippen molar-refractivity contribution in [3.05, 3.63) is 45.6 Å². The van der Waals surface area contributed by atoms with Gasteiger partial charge in [-0.1, -0.05) is 6.07 Å². The molecule has 2 aromatic heterocycles. The Kier molecular flexibility index (Phi) is 5.27. The number of amides is 2. The third kappa shape index (κ3) is 4.18. The van der Waals surface area contributed by atoms with Crippen LogP contribution in [0.4, 0.5) is 4.79 Å². The molecule has 158 valence electrons. The third-order valence-corrected chi connectivity index (χ3v) is 6.12. The number of aromatic nitrogens is 1. The molecule has 1 aromatic carbocycles. The van der Waals surface area contributed by atoms with Crippen molar-refractivity contribution in [2.24, 2.45) is 0 Å². The van der Waals surface area contributed by atoms with Crippen molar-refractivity contribution >= 4 is 44.3 Å². The molecule has 2 amide bonds. The van der Waals surface area contributed by atoms with Crippen molar-refractivity contribution in [3.8, 4) is 0 Å². The van der Waals surface area contributed by atoms with Crippen molar-refractivity contribution in [1.82, 2.24) is 15.2 Å². The molecule has 8 heteroatoms. The van der Waals surface area contributed by atoms with Gasteiger partial charge in [0, 0.05) is 34.8 Å². The standard InChI is InChI=1S/C22H25N3O4S/c1-22(2,3)29-21(28)23-14-6-9-25(10-7-14)20(27)13-4-5-15-17(12-13)24-19(26)16-8-11-30-18(15)16/h4-5,8,11-12,14H,6-7,9-10H2,1-3H3,(H,23,28)(H,24,26). The number of piperidine rings is 1. The van der Waals surface area contributed by atoms with E-state index in [0.29, 0.717) is 42.4 Å². The number of alkyl carbamates (subject to hydrolysis) is 1. The number of carbonyl (C=O) groups excluding carboxylic acids is 2. The van der Waals surface area contributed by atoms with Gasteiger partial charge in [-0.2, -0.15) is 0 Å². The van der Waals surface area contributed by atoms with Crippen LogP contribution in [0, 0.1) is 0 Å². The molecule has 0 saturated carbocycles. The van der Waals surface area contributed by atoms with Crippen molar-refractivity contribution in [2.75, 3.05) is 13.1 Å². The van der Waals surface area contributed by atoms with Crippen molar-refractivity contribution in [3.63, 3.8) is 0 Å². The lowest BCUT2D eigenvalue weighted by Crippen LogP contribution is -2.47. The molecule has 0 aliphatic carbocycles. The Morgan fingerprint density at radius 3 is 2.60 bits per heavy atom. The number of H-pyrrole nitrogens is 1. The number of thiophene rings is 1. The maximum absolute atomic E-state index is 13.0. The second-order valence-electron chi connectivity index (χ2n) is 8.59. The van der Waals surface area contributed by atoms with Crippen LogP contribution in [0.1, 0.15) is 44.0 Å². The molecule has 1 aliphatic heterocycles. The quantitative estimate of drug-likeness (QED) is 0.649. The number of hydrogen-bond donors (Lipinski definition) is 2. The fourth-order valence-corrected chi connectivity index (χ4v) is 4.68. The lowest BCUT2D eigenvalue weighted by Gasteiger charge is -2.33. The van der Waals surface area contributed by atoms with Gasteiger partial charge in [0.05, 0.1) is 10.9 Å². The smallest absolute Gasteiger partial charge is 0.407 e. The van der Waals surface area contributed by atoms with Crippen molar-refractivity contribution < 1.29 is 14.3 Å². The van der Waals surface area contributed by atoms with E-state index >= 15 is 0 Å². The first kappa shape index (κ1) is 20.4. The number of carbonyl (C=O) groups is 2. The average Bonchev–Trinajstić information content (AvgIpc) is 3.17. The molecule has 0 bridgehead atoms. The van der Waals surface area contributed by atoms with Gasteiger partial charge in [-0.15, -0.1) is 11.3 Å². The number of ether oxygens (including phenoxy) is 1. The van der Waals surface area contributed by atoms with E-state index in [4.69, 9.17) is 4.74 Å². The van der Waals surface area contributed by atoms with Gasteiger partial charge in [-0.05, 0) is 57.2 Å². The highest BCUT2D eigenvalue weighted by Gasteiger charge is 2.26. The monoisotopic (exact) mass is 427 g/mol. The lowest BCUT2D eigenvalue weighted by atomic mass is 10.0. The van der Waals surface area contributed by atoms with E-state index in [1.165, 1.54) is 11.3 Å². The molecule has 1 fully saturated rings. The number of likely N-dealkylation sites (tertiary alicyclic amines) is 1. The highest BCUT2D eigenvalue weighted by Crippen LogP contribution is 2.27. The van der Waals surface area contributed by atoms with E-state index in [1.54, 1.807) is 11.0 Å². The minimum absolute atomic E-state index is 0.0102. The predicted octanol–water partition coefficient (Wildman–Crippen LogP) is 3.87. The van der Waals surface area contributed by atoms with E-state index in [-0.39, 0.29) is 17.5 Å². The van der Waals surface area contributed by atoms with Crippen LogP contribution in [-0.2, 0) is 4.74 Å². The largest absolute Gasteiger partial charge is 0.444 e. The fourth-order valence-electron chi connectivity index (χ4n) is 3.75. The summed E-state index contributed by atoms with van der Waals surface area (Å²) in [4.78, 5) is 41.9. The Bertz CT molecular complexity index is 1170. The SMILES string of the molecule is CC(C)(C)OC(=O)NC1CCN(C(=O)c2ccc3c(c2)[nH]c(=O)c2ccsc23)CC1. The summed E-state index contributed by atoms with van der Waals surface area (Å²) in [5, 5.41) is 6.39. The molecule has 7 nitrogen and oxygen atoms in total. The van der Waals surface area contributed by atoms with Crippen LogP contribution in [0.3, 0.4) is 0 Å². The zero-order chi connectivity index (χ0) is 21.5. The Labute approximate surface area is 178 Å². The normalized spacial score (nSPS) is 15.5. The third-order valence-electron chi connectivity index (χ3n) is 5.17. The molecule has 0 unspecified atom stereocenters. The lowest BCUT2D eigenvalue weighted by molar-refractivity contribution is 0.0473. The maximum atomic E-state index is 13.0. The molecule has 2 N–H and O–H groups in total. The van der Waals surface area contributed by atoms with Gasteiger partial charge in [-0.3, -0.25) is 9.59 Å². The van der Waals surface area contributed by atoms with Crippen LogP contribution in [-0.4, -0.2) is 46.6 Å². The number of aromatic amines is 1. The van der Waals surface area contributed by atoms with Crippen LogP contribution in [0.2, 0.25) is 0 Å². The number of nitrogens with zero attached hydrogens (tertiary/aromatic N) is 1. The molecule has 0 spiro atoms. The van der Waals surface area contributed by atoms with Crippen molar-refractivity contribution in [2.45, 2.75) is 45.3 Å². The minimum Gasteiger partial charge on any atom is -0.444 e. The molecular weight excluding hydrogens is 402 g/mol. The molecule has 0 atom stereocenters. The van der Waals surface area contributed by atoms with Gasteiger partial charge >= 0.3 is 6.09 Å². The Morgan fingerprint density at radius 2 is 1.90 bits per heavy atom. The Morgan fingerprint density at radius 1 is 1.17 bits per heavy atom. The topological polar surface area (TPSA) is 91.5 Å². The molecule has 4 rings (SSSR count). The van der Waals surface area contributed by atoms with Crippen LogP contribution in [0.15, 0.2) is 34.4 Å². The highest BCUT2D eigenvalue weighted by molar-refractivity contribution is 7.18.